The average Bonchev–Trinajstić information content (AvgIpc) is 3.32. The van der Waals surface area contributed by atoms with Crippen molar-refractivity contribution in [2.75, 3.05) is 6.54 Å². The molecule has 2 N–H and O–H groups in total. The Morgan fingerprint density at radius 3 is 2.76 bits per heavy atom. The Morgan fingerprint density at radius 2 is 1.96 bits per heavy atom. The molecule has 4 aromatic rings. The molecular weight excluding hydrogens is 314 g/mol. The minimum Gasteiger partial charge on any atom is -0.459 e. The summed E-state index contributed by atoms with van der Waals surface area (Å²) in [6.07, 6.45) is 2.23. The number of imidazole rings is 1. The Kier molecular flexibility index (Phi) is 4.04. The van der Waals surface area contributed by atoms with Crippen LogP contribution in [0.25, 0.3) is 22.4 Å². The number of H-pyrrole nitrogens is 1. The van der Waals surface area contributed by atoms with Gasteiger partial charge in [0.1, 0.15) is 5.82 Å². The molecule has 0 spiro atoms. The van der Waals surface area contributed by atoms with Crippen LogP contribution in [0.1, 0.15) is 16.1 Å². The largest absolute Gasteiger partial charge is 0.459 e. The second-order valence-corrected chi connectivity index (χ2v) is 5.79. The highest BCUT2D eigenvalue weighted by molar-refractivity contribution is 5.91. The van der Waals surface area contributed by atoms with Crippen LogP contribution in [0.15, 0.2) is 71.3 Å². The number of nitrogens with one attached hydrogen (secondary N) is 2. The number of aromatic amines is 1. The number of fused-ring (bicyclic) bond motifs is 1. The zero-order valence-corrected chi connectivity index (χ0v) is 13.5. The first-order valence-corrected chi connectivity index (χ1v) is 8.15. The Bertz CT molecular complexity index is 988. The number of amides is 1. The van der Waals surface area contributed by atoms with Gasteiger partial charge in [0.2, 0.25) is 0 Å². The van der Waals surface area contributed by atoms with Crippen molar-refractivity contribution in [3.63, 3.8) is 0 Å². The molecule has 0 atom stereocenters. The predicted molar refractivity (Wildman–Crippen MR) is 96.3 cm³/mol. The smallest absolute Gasteiger partial charge is 0.286 e. The van der Waals surface area contributed by atoms with Crippen molar-refractivity contribution in [2.24, 2.45) is 0 Å². The molecule has 4 rings (SSSR count). The number of benzene rings is 2. The second kappa shape index (κ2) is 6.65. The van der Waals surface area contributed by atoms with Crippen molar-refractivity contribution in [1.82, 2.24) is 15.3 Å². The normalized spacial score (nSPS) is 10.9. The molecule has 5 nitrogen and oxygen atoms in total. The molecular formula is C20H17N3O2. The molecule has 25 heavy (non-hydrogen) atoms. The van der Waals surface area contributed by atoms with Gasteiger partial charge in [-0.3, -0.25) is 4.79 Å². The third-order valence-electron chi connectivity index (χ3n) is 4.04. The van der Waals surface area contributed by atoms with Crippen molar-refractivity contribution in [3.8, 4) is 11.4 Å². The zero-order chi connectivity index (χ0) is 17.1. The van der Waals surface area contributed by atoms with Crippen molar-refractivity contribution >= 4 is 16.9 Å². The van der Waals surface area contributed by atoms with Gasteiger partial charge < -0.3 is 14.7 Å². The van der Waals surface area contributed by atoms with Crippen LogP contribution in [0.3, 0.4) is 0 Å². The lowest BCUT2D eigenvalue weighted by Gasteiger charge is -2.03. The van der Waals surface area contributed by atoms with E-state index in [-0.39, 0.29) is 5.91 Å². The highest BCUT2D eigenvalue weighted by Gasteiger charge is 2.08. The number of hydrogen-bond donors (Lipinski definition) is 2. The molecule has 0 aliphatic carbocycles. The molecule has 0 aliphatic rings. The predicted octanol–water partition coefficient (Wildman–Crippen LogP) is 3.80. The number of carbonyl (C=O) groups is 1. The lowest BCUT2D eigenvalue weighted by Crippen LogP contribution is -2.25. The molecule has 0 unspecified atom stereocenters. The molecule has 5 heteroatoms. The summed E-state index contributed by atoms with van der Waals surface area (Å²) >= 11 is 0. The van der Waals surface area contributed by atoms with Crippen LogP contribution in [-0.4, -0.2) is 22.4 Å². The van der Waals surface area contributed by atoms with E-state index in [2.05, 4.69) is 21.4 Å². The van der Waals surface area contributed by atoms with Gasteiger partial charge >= 0.3 is 0 Å². The first-order valence-electron chi connectivity index (χ1n) is 8.15. The summed E-state index contributed by atoms with van der Waals surface area (Å²) in [5.74, 6) is 0.995. The van der Waals surface area contributed by atoms with Gasteiger partial charge in [-0.1, -0.05) is 36.4 Å². The standard InChI is InChI=1S/C20H17N3O2/c24-20(18-7-4-12-25-18)21-11-10-14-8-9-16-17(13-14)23-19(22-16)15-5-2-1-3-6-15/h1-9,12-13H,10-11H2,(H,21,24)(H,22,23). The van der Waals surface area contributed by atoms with Gasteiger partial charge in [0.15, 0.2) is 5.76 Å². The van der Waals surface area contributed by atoms with Crippen LogP contribution in [0.5, 0.6) is 0 Å². The second-order valence-electron chi connectivity index (χ2n) is 5.79. The van der Waals surface area contributed by atoms with Crippen molar-refractivity contribution in [3.05, 3.63) is 78.3 Å². The van der Waals surface area contributed by atoms with Gasteiger partial charge in [-0.2, -0.15) is 0 Å². The first-order chi connectivity index (χ1) is 12.3. The molecule has 2 aromatic carbocycles. The van der Waals surface area contributed by atoms with E-state index < -0.39 is 0 Å². The molecule has 2 heterocycles. The molecule has 0 radical (unpaired) electrons. The molecule has 0 aliphatic heterocycles. The highest BCUT2D eigenvalue weighted by Crippen LogP contribution is 2.21. The van der Waals surface area contributed by atoms with Crippen LogP contribution in [-0.2, 0) is 6.42 Å². The average molecular weight is 331 g/mol. The van der Waals surface area contributed by atoms with E-state index in [1.807, 2.05) is 42.5 Å². The summed E-state index contributed by atoms with van der Waals surface area (Å²) in [6.45, 7) is 0.546. The quantitative estimate of drug-likeness (QED) is 0.584. The summed E-state index contributed by atoms with van der Waals surface area (Å²) in [7, 11) is 0. The first kappa shape index (κ1) is 15.2. The minimum atomic E-state index is -0.195. The van der Waals surface area contributed by atoms with Gasteiger partial charge in [0.25, 0.3) is 5.91 Å². The molecule has 124 valence electrons. The summed E-state index contributed by atoms with van der Waals surface area (Å²) in [5, 5.41) is 2.85. The van der Waals surface area contributed by atoms with Crippen molar-refractivity contribution in [2.45, 2.75) is 6.42 Å². The Balaban J connectivity index is 1.45. The third kappa shape index (κ3) is 3.30. The number of nitrogens with zero attached hydrogens (tertiary/aromatic N) is 1. The molecule has 2 aromatic heterocycles. The number of carbonyl (C=O) groups excluding carboxylic acids is 1. The zero-order valence-electron chi connectivity index (χ0n) is 13.5. The van der Waals surface area contributed by atoms with Crippen molar-refractivity contribution < 1.29 is 9.21 Å². The lowest BCUT2D eigenvalue weighted by atomic mass is 10.1. The number of hydrogen-bond acceptors (Lipinski definition) is 3. The molecule has 0 bridgehead atoms. The van der Waals surface area contributed by atoms with Gasteiger partial charge in [0.05, 0.1) is 17.3 Å². The van der Waals surface area contributed by atoms with Crippen LogP contribution in [0.4, 0.5) is 0 Å². The van der Waals surface area contributed by atoms with E-state index >= 15 is 0 Å². The SMILES string of the molecule is O=C(NCCc1ccc2nc(-c3ccccc3)[nH]c2c1)c1ccco1. The summed E-state index contributed by atoms with van der Waals surface area (Å²) < 4.78 is 5.08. The number of furan rings is 1. The number of rotatable bonds is 5. The highest BCUT2D eigenvalue weighted by atomic mass is 16.3. The van der Waals surface area contributed by atoms with Crippen LogP contribution >= 0.6 is 0 Å². The maximum absolute atomic E-state index is 11.8. The topological polar surface area (TPSA) is 70.9 Å². The third-order valence-corrected chi connectivity index (χ3v) is 4.04. The van der Waals surface area contributed by atoms with E-state index in [9.17, 15) is 4.79 Å². The summed E-state index contributed by atoms with van der Waals surface area (Å²) in [5.41, 5.74) is 4.12. The van der Waals surface area contributed by atoms with E-state index in [4.69, 9.17) is 4.42 Å². The van der Waals surface area contributed by atoms with Crippen LogP contribution in [0, 0.1) is 0 Å². The fraction of sp³-hybridized carbons (Fsp3) is 0.100. The molecule has 0 fully saturated rings. The van der Waals surface area contributed by atoms with E-state index in [1.165, 1.54) is 6.26 Å². The van der Waals surface area contributed by atoms with Gasteiger partial charge in [-0.25, -0.2) is 4.98 Å². The van der Waals surface area contributed by atoms with E-state index in [1.54, 1.807) is 12.1 Å². The van der Waals surface area contributed by atoms with Crippen LogP contribution in [0.2, 0.25) is 0 Å². The molecule has 0 saturated heterocycles. The van der Waals surface area contributed by atoms with Gasteiger partial charge in [-0.15, -0.1) is 0 Å². The summed E-state index contributed by atoms with van der Waals surface area (Å²) in [6, 6.07) is 19.5. The monoisotopic (exact) mass is 331 g/mol. The number of aromatic nitrogens is 2. The maximum Gasteiger partial charge on any atom is 0.286 e. The van der Waals surface area contributed by atoms with Gasteiger partial charge in [0, 0.05) is 12.1 Å². The van der Waals surface area contributed by atoms with Gasteiger partial charge in [-0.05, 0) is 36.2 Å². The Morgan fingerprint density at radius 1 is 1.08 bits per heavy atom. The van der Waals surface area contributed by atoms with Crippen molar-refractivity contribution in [1.29, 1.82) is 0 Å². The lowest BCUT2D eigenvalue weighted by molar-refractivity contribution is 0.0926. The minimum absolute atomic E-state index is 0.195. The van der Waals surface area contributed by atoms with Crippen LogP contribution < -0.4 is 5.32 Å². The molecule has 1 amide bonds. The maximum atomic E-state index is 11.8. The summed E-state index contributed by atoms with van der Waals surface area (Å²) in [4.78, 5) is 19.8. The Hall–Kier alpha value is -3.34. The fourth-order valence-electron chi connectivity index (χ4n) is 2.76. The van der Waals surface area contributed by atoms with E-state index in [0.29, 0.717) is 12.3 Å². The molecule has 0 saturated carbocycles. The van der Waals surface area contributed by atoms with E-state index in [0.717, 1.165) is 34.4 Å². The fourth-order valence-corrected chi connectivity index (χ4v) is 2.76. The Labute approximate surface area is 144 Å².